The van der Waals surface area contributed by atoms with Crippen LogP contribution in [0.3, 0.4) is 0 Å². The van der Waals surface area contributed by atoms with Gasteiger partial charge in [0, 0.05) is 62.2 Å². The average Bonchev–Trinajstić information content (AvgIpc) is 2.70. The number of halogens is 3. The maximum atomic E-state index is 6.23. The Morgan fingerprint density at radius 1 is 1.14 bits per heavy atom. The van der Waals surface area contributed by atoms with Gasteiger partial charge in [0.25, 0.3) is 0 Å². The van der Waals surface area contributed by atoms with Crippen LogP contribution in [0.2, 0.25) is 10.0 Å². The molecule has 1 fully saturated rings. The van der Waals surface area contributed by atoms with Crippen molar-refractivity contribution in [2.75, 3.05) is 44.7 Å². The highest BCUT2D eigenvalue weighted by Gasteiger charge is 2.20. The molecule has 0 saturated carbocycles. The predicted molar refractivity (Wildman–Crippen MR) is 127 cm³/mol. The molecule has 0 atom stereocenters. The van der Waals surface area contributed by atoms with Gasteiger partial charge in [-0.2, -0.15) is 0 Å². The van der Waals surface area contributed by atoms with Crippen LogP contribution in [0.5, 0.6) is 0 Å². The summed E-state index contributed by atoms with van der Waals surface area (Å²) in [6.45, 7) is 4.38. The zero-order valence-corrected chi connectivity index (χ0v) is 19.7. The number of piperazine rings is 1. The Morgan fingerprint density at radius 3 is 2.50 bits per heavy atom. The maximum Gasteiger partial charge on any atom is 0.225 e. The zero-order chi connectivity index (χ0) is 19.1. The molecule has 0 amide bonds. The molecule has 3 rings (SSSR count). The molecule has 0 spiro atoms. The van der Waals surface area contributed by atoms with Crippen LogP contribution in [-0.2, 0) is 6.42 Å². The number of anilines is 1. The van der Waals surface area contributed by atoms with E-state index in [2.05, 4.69) is 30.1 Å². The van der Waals surface area contributed by atoms with E-state index in [0.717, 1.165) is 68.1 Å². The van der Waals surface area contributed by atoms with Crippen molar-refractivity contribution in [1.29, 1.82) is 0 Å². The number of rotatable bonds is 5. The summed E-state index contributed by atoms with van der Waals surface area (Å²) in [5, 5.41) is 4.85. The van der Waals surface area contributed by atoms with Crippen molar-refractivity contribution < 1.29 is 0 Å². The topological polar surface area (TPSA) is 56.7 Å². The number of nitrogens with one attached hydrogen (secondary N) is 1. The molecular formula is C19H25Cl2IN6. The Labute approximate surface area is 193 Å². The first-order chi connectivity index (χ1) is 13.2. The first-order valence-corrected chi connectivity index (χ1v) is 9.84. The molecular weight excluding hydrogens is 510 g/mol. The molecule has 1 aromatic heterocycles. The maximum absolute atomic E-state index is 6.23. The van der Waals surface area contributed by atoms with Gasteiger partial charge in [-0.25, -0.2) is 9.97 Å². The Hall–Kier alpha value is -1.32. The molecule has 1 aliphatic heterocycles. The number of aliphatic imine (C=N–C) groups is 1. The number of nitrogens with zero attached hydrogens (tertiary/aromatic N) is 5. The Bertz CT molecular complexity index is 766. The van der Waals surface area contributed by atoms with Gasteiger partial charge >= 0.3 is 0 Å². The summed E-state index contributed by atoms with van der Waals surface area (Å²) >= 11 is 12.2. The molecule has 0 radical (unpaired) electrons. The van der Waals surface area contributed by atoms with Gasteiger partial charge in [-0.15, -0.1) is 24.0 Å². The van der Waals surface area contributed by atoms with E-state index in [1.165, 1.54) is 0 Å². The minimum atomic E-state index is 0. The number of aromatic nitrogens is 2. The lowest BCUT2D eigenvalue weighted by Crippen LogP contribution is -2.53. The summed E-state index contributed by atoms with van der Waals surface area (Å²) in [5.41, 5.74) is 1.12. The van der Waals surface area contributed by atoms with E-state index in [-0.39, 0.29) is 24.0 Å². The van der Waals surface area contributed by atoms with E-state index in [9.17, 15) is 0 Å². The summed E-state index contributed by atoms with van der Waals surface area (Å²) in [4.78, 5) is 17.5. The van der Waals surface area contributed by atoms with Crippen LogP contribution in [0.1, 0.15) is 12.0 Å². The normalized spacial score (nSPS) is 14.6. The van der Waals surface area contributed by atoms with E-state index < -0.39 is 0 Å². The van der Waals surface area contributed by atoms with Gasteiger partial charge in [0.15, 0.2) is 5.96 Å². The second kappa shape index (κ2) is 11.6. The Morgan fingerprint density at radius 2 is 1.86 bits per heavy atom. The number of hydrogen-bond acceptors (Lipinski definition) is 4. The standard InChI is InChI=1S/C19H24Cl2N6.HI/c1-22-18(23-7-2-4-15-5-6-16(20)14-17(15)21)26-10-12-27(13-11-26)19-24-8-3-9-25-19;/h3,5-6,8-9,14H,2,4,7,10-13H2,1H3,(H,22,23);1H. The summed E-state index contributed by atoms with van der Waals surface area (Å²) < 4.78 is 0. The van der Waals surface area contributed by atoms with E-state index >= 15 is 0 Å². The molecule has 2 aromatic rings. The molecule has 6 nitrogen and oxygen atoms in total. The third-order valence-electron chi connectivity index (χ3n) is 4.55. The first kappa shape index (κ1) is 23.0. The molecule has 0 unspecified atom stereocenters. The minimum Gasteiger partial charge on any atom is -0.356 e. The SMILES string of the molecule is CN=C(NCCCc1ccc(Cl)cc1Cl)N1CCN(c2ncccn2)CC1.I. The minimum absolute atomic E-state index is 0. The van der Waals surface area contributed by atoms with Crippen molar-refractivity contribution in [3.63, 3.8) is 0 Å². The summed E-state index contributed by atoms with van der Waals surface area (Å²) in [6, 6.07) is 7.50. The van der Waals surface area contributed by atoms with Crippen LogP contribution in [0, 0.1) is 0 Å². The summed E-state index contributed by atoms with van der Waals surface area (Å²) in [5.74, 6) is 1.73. The molecule has 0 aliphatic carbocycles. The van der Waals surface area contributed by atoms with Crippen molar-refractivity contribution in [3.05, 3.63) is 52.3 Å². The third-order valence-corrected chi connectivity index (χ3v) is 5.13. The molecule has 1 aliphatic rings. The number of benzene rings is 1. The molecule has 1 saturated heterocycles. The molecule has 9 heteroatoms. The molecule has 152 valence electrons. The highest BCUT2D eigenvalue weighted by molar-refractivity contribution is 14.0. The highest BCUT2D eigenvalue weighted by Crippen LogP contribution is 2.21. The average molecular weight is 535 g/mol. The fraction of sp³-hybridized carbons (Fsp3) is 0.421. The third kappa shape index (κ3) is 6.35. The van der Waals surface area contributed by atoms with Gasteiger partial charge < -0.3 is 15.1 Å². The van der Waals surface area contributed by atoms with Crippen LogP contribution in [0.25, 0.3) is 0 Å². The van der Waals surface area contributed by atoms with Gasteiger partial charge in [0.05, 0.1) is 0 Å². The second-order valence-electron chi connectivity index (χ2n) is 6.34. The first-order valence-electron chi connectivity index (χ1n) is 9.09. The molecule has 0 bridgehead atoms. The lowest BCUT2D eigenvalue weighted by Gasteiger charge is -2.36. The van der Waals surface area contributed by atoms with E-state index in [0.29, 0.717) is 5.02 Å². The quantitative estimate of drug-likeness (QED) is 0.274. The van der Waals surface area contributed by atoms with Crippen LogP contribution < -0.4 is 10.2 Å². The van der Waals surface area contributed by atoms with Gasteiger partial charge in [0.1, 0.15) is 0 Å². The zero-order valence-electron chi connectivity index (χ0n) is 15.8. The second-order valence-corrected chi connectivity index (χ2v) is 7.18. The van der Waals surface area contributed by atoms with Crippen LogP contribution in [0.4, 0.5) is 5.95 Å². The van der Waals surface area contributed by atoms with Crippen molar-refractivity contribution in [2.24, 2.45) is 4.99 Å². The van der Waals surface area contributed by atoms with Gasteiger partial charge in [-0.3, -0.25) is 4.99 Å². The predicted octanol–water partition coefficient (Wildman–Crippen LogP) is 3.73. The number of hydrogen-bond donors (Lipinski definition) is 1. The van der Waals surface area contributed by atoms with Gasteiger partial charge in [-0.1, -0.05) is 29.3 Å². The monoisotopic (exact) mass is 534 g/mol. The lowest BCUT2D eigenvalue weighted by molar-refractivity contribution is 0.370. The largest absolute Gasteiger partial charge is 0.356 e. The van der Waals surface area contributed by atoms with Crippen molar-refractivity contribution in [2.45, 2.75) is 12.8 Å². The Kier molecular flexibility index (Phi) is 9.53. The molecule has 2 heterocycles. The lowest BCUT2D eigenvalue weighted by atomic mass is 10.1. The van der Waals surface area contributed by atoms with Crippen molar-refractivity contribution in [3.8, 4) is 0 Å². The van der Waals surface area contributed by atoms with E-state index in [1.807, 2.05) is 25.2 Å². The van der Waals surface area contributed by atoms with Gasteiger partial charge in [0.2, 0.25) is 5.95 Å². The summed E-state index contributed by atoms with van der Waals surface area (Å²) in [7, 11) is 1.82. The van der Waals surface area contributed by atoms with Crippen LogP contribution in [-0.4, -0.2) is 60.6 Å². The van der Waals surface area contributed by atoms with Crippen LogP contribution >= 0.6 is 47.2 Å². The van der Waals surface area contributed by atoms with Crippen LogP contribution in [0.15, 0.2) is 41.7 Å². The van der Waals surface area contributed by atoms with E-state index in [1.54, 1.807) is 18.5 Å². The fourth-order valence-electron chi connectivity index (χ4n) is 3.11. The fourth-order valence-corrected chi connectivity index (χ4v) is 3.61. The smallest absolute Gasteiger partial charge is 0.225 e. The van der Waals surface area contributed by atoms with Crippen molar-refractivity contribution in [1.82, 2.24) is 20.2 Å². The van der Waals surface area contributed by atoms with E-state index in [4.69, 9.17) is 23.2 Å². The highest BCUT2D eigenvalue weighted by atomic mass is 127. The number of aryl methyl sites for hydroxylation is 1. The van der Waals surface area contributed by atoms with Crippen molar-refractivity contribution >= 4 is 59.1 Å². The molecule has 1 N–H and O–H groups in total. The number of guanidine groups is 1. The Balaban J connectivity index is 0.00000280. The van der Waals surface area contributed by atoms with Gasteiger partial charge in [-0.05, 0) is 36.6 Å². The molecule has 1 aromatic carbocycles. The molecule has 28 heavy (non-hydrogen) atoms. The summed E-state index contributed by atoms with van der Waals surface area (Å²) in [6.07, 6.45) is 5.43.